The molecular weight excluding hydrogens is 598 g/mol. The molecule has 0 bridgehead atoms. The van der Waals surface area contributed by atoms with E-state index < -0.39 is 42.5 Å². The SMILES string of the molecule is CC1(C)OB(O)c2cc(CC(=O)[C@@H](CSc3ccc(C(F)(F)F)cc3)NC(=O)[C@@H](N)CCC(=O)N(CCN)CCN)ccc21. The van der Waals surface area contributed by atoms with Crippen LogP contribution in [0.15, 0.2) is 47.4 Å². The highest BCUT2D eigenvalue weighted by atomic mass is 32.2. The van der Waals surface area contributed by atoms with Gasteiger partial charge in [0.15, 0.2) is 5.78 Å². The van der Waals surface area contributed by atoms with Crippen molar-refractivity contribution in [1.82, 2.24) is 10.2 Å². The average molecular weight is 638 g/mol. The van der Waals surface area contributed by atoms with Crippen molar-refractivity contribution in [2.75, 3.05) is 31.9 Å². The number of hydrogen-bond acceptors (Lipinski definition) is 9. The van der Waals surface area contributed by atoms with Crippen LogP contribution in [-0.4, -0.2) is 78.7 Å². The number of benzene rings is 2. The number of alkyl halides is 3. The summed E-state index contributed by atoms with van der Waals surface area (Å²) >= 11 is 1.11. The molecule has 240 valence electrons. The molecule has 0 radical (unpaired) electrons. The van der Waals surface area contributed by atoms with Crippen LogP contribution in [0.1, 0.15) is 43.4 Å². The number of nitrogens with one attached hydrogen (secondary N) is 1. The highest BCUT2D eigenvalue weighted by molar-refractivity contribution is 7.99. The number of nitrogens with zero attached hydrogens (tertiary/aromatic N) is 1. The first kappa shape index (κ1) is 35.5. The Morgan fingerprint density at radius 3 is 2.32 bits per heavy atom. The molecule has 0 spiro atoms. The van der Waals surface area contributed by atoms with Gasteiger partial charge in [0.25, 0.3) is 0 Å². The fourth-order valence-corrected chi connectivity index (χ4v) is 5.82. The molecule has 2 amide bonds. The van der Waals surface area contributed by atoms with Gasteiger partial charge in [-0.1, -0.05) is 18.2 Å². The van der Waals surface area contributed by atoms with Crippen molar-refractivity contribution in [1.29, 1.82) is 0 Å². The molecular formula is C29H39BF3N5O5S. The first-order valence-electron chi connectivity index (χ1n) is 14.2. The predicted molar refractivity (Wildman–Crippen MR) is 163 cm³/mol. The lowest BCUT2D eigenvalue weighted by atomic mass is 9.77. The van der Waals surface area contributed by atoms with Crippen LogP contribution in [0.3, 0.4) is 0 Å². The molecule has 0 unspecified atom stereocenters. The van der Waals surface area contributed by atoms with Crippen LogP contribution in [0.5, 0.6) is 0 Å². The maximum Gasteiger partial charge on any atom is 0.492 e. The third-order valence-electron chi connectivity index (χ3n) is 7.28. The van der Waals surface area contributed by atoms with Crippen molar-refractivity contribution in [3.05, 3.63) is 59.2 Å². The maximum absolute atomic E-state index is 13.5. The van der Waals surface area contributed by atoms with Crippen molar-refractivity contribution in [3.8, 4) is 0 Å². The average Bonchev–Trinajstić information content (AvgIpc) is 3.20. The second-order valence-electron chi connectivity index (χ2n) is 11.0. The Morgan fingerprint density at radius 2 is 1.73 bits per heavy atom. The Morgan fingerprint density at radius 1 is 1.09 bits per heavy atom. The summed E-state index contributed by atoms with van der Waals surface area (Å²) in [5.41, 5.74) is 17.6. The molecule has 3 rings (SSSR count). The van der Waals surface area contributed by atoms with Gasteiger partial charge >= 0.3 is 13.3 Å². The quantitative estimate of drug-likeness (QED) is 0.140. The number of Topliss-reactive ketones (excluding diaryl/α,β-unsaturated/α-hetero) is 1. The van der Waals surface area contributed by atoms with E-state index in [-0.39, 0.29) is 49.8 Å². The summed E-state index contributed by atoms with van der Waals surface area (Å²) in [7, 11) is -1.15. The molecule has 1 aliphatic rings. The molecule has 2 aromatic rings. The molecule has 10 nitrogen and oxygen atoms in total. The molecule has 15 heteroatoms. The molecule has 0 aliphatic carbocycles. The topological polar surface area (TPSA) is 174 Å². The summed E-state index contributed by atoms with van der Waals surface area (Å²) in [6, 6.07) is 7.55. The van der Waals surface area contributed by atoms with Crippen molar-refractivity contribution in [3.63, 3.8) is 0 Å². The van der Waals surface area contributed by atoms with E-state index in [0.717, 1.165) is 29.5 Å². The summed E-state index contributed by atoms with van der Waals surface area (Å²) in [4.78, 5) is 41.0. The van der Waals surface area contributed by atoms with Gasteiger partial charge in [-0.25, -0.2) is 0 Å². The van der Waals surface area contributed by atoms with E-state index in [0.29, 0.717) is 29.0 Å². The van der Waals surface area contributed by atoms with E-state index in [1.807, 2.05) is 13.8 Å². The molecule has 8 N–H and O–H groups in total. The summed E-state index contributed by atoms with van der Waals surface area (Å²) < 4.78 is 44.5. The van der Waals surface area contributed by atoms with Gasteiger partial charge < -0.3 is 37.1 Å². The number of carbonyl (C=O) groups excluding carboxylic acids is 3. The monoisotopic (exact) mass is 637 g/mol. The van der Waals surface area contributed by atoms with Crippen LogP contribution in [-0.2, 0) is 37.2 Å². The Kier molecular flexibility index (Phi) is 12.4. The Balaban J connectivity index is 1.72. The van der Waals surface area contributed by atoms with Crippen molar-refractivity contribution >= 4 is 41.9 Å². The highest BCUT2D eigenvalue weighted by Gasteiger charge is 2.40. The van der Waals surface area contributed by atoms with Gasteiger partial charge in [-0.3, -0.25) is 14.4 Å². The normalized spacial score (nSPS) is 15.4. The summed E-state index contributed by atoms with van der Waals surface area (Å²) in [6.45, 7) is 4.79. The van der Waals surface area contributed by atoms with Gasteiger partial charge in [-0.05, 0) is 61.1 Å². The Hall–Kier alpha value is -2.95. The van der Waals surface area contributed by atoms with E-state index in [9.17, 15) is 32.6 Å². The van der Waals surface area contributed by atoms with Gasteiger partial charge in [0, 0.05) is 49.7 Å². The number of rotatable bonds is 15. The molecule has 0 saturated carbocycles. The van der Waals surface area contributed by atoms with Crippen LogP contribution in [0.25, 0.3) is 0 Å². The van der Waals surface area contributed by atoms with Crippen molar-refractivity contribution < 1.29 is 37.2 Å². The van der Waals surface area contributed by atoms with Gasteiger partial charge in [0.1, 0.15) is 0 Å². The number of halogens is 3. The van der Waals surface area contributed by atoms with Gasteiger partial charge in [-0.15, -0.1) is 11.8 Å². The fraction of sp³-hybridized carbons (Fsp3) is 0.483. The second kappa shape index (κ2) is 15.4. The number of amides is 2. The minimum absolute atomic E-state index is 0.0156. The molecule has 0 fully saturated rings. The smallest absolute Gasteiger partial charge is 0.423 e. The lowest BCUT2D eigenvalue weighted by molar-refractivity contribution is -0.137. The first-order valence-corrected chi connectivity index (χ1v) is 15.2. The van der Waals surface area contributed by atoms with Crippen molar-refractivity contribution in [2.24, 2.45) is 17.2 Å². The largest absolute Gasteiger partial charge is 0.492 e. The molecule has 2 atom stereocenters. The highest BCUT2D eigenvalue weighted by Crippen LogP contribution is 2.32. The minimum atomic E-state index is -4.48. The maximum atomic E-state index is 13.5. The number of fused-ring (bicyclic) bond motifs is 1. The zero-order valence-corrected chi connectivity index (χ0v) is 25.5. The second-order valence-corrected chi connectivity index (χ2v) is 12.1. The van der Waals surface area contributed by atoms with E-state index >= 15 is 0 Å². The zero-order chi connectivity index (χ0) is 32.7. The van der Waals surface area contributed by atoms with E-state index in [1.165, 1.54) is 17.0 Å². The molecule has 0 aromatic heterocycles. The number of carbonyl (C=O) groups is 3. The number of nitrogens with two attached hydrogens (primary N) is 3. The summed E-state index contributed by atoms with van der Waals surface area (Å²) in [5.74, 6) is -1.24. The molecule has 0 saturated heterocycles. The number of ketones is 1. The number of hydrogen-bond donors (Lipinski definition) is 5. The van der Waals surface area contributed by atoms with Gasteiger partial charge in [0.2, 0.25) is 11.8 Å². The lowest BCUT2D eigenvalue weighted by Crippen LogP contribution is -2.50. The van der Waals surface area contributed by atoms with Crippen LogP contribution in [0.2, 0.25) is 0 Å². The molecule has 44 heavy (non-hydrogen) atoms. The van der Waals surface area contributed by atoms with E-state index in [1.54, 1.807) is 18.2 Å². The molecule has 2 aromatic carbocycles. The van der Waals surface area contributed by atoms with Crippen LogP contribution in [0.4, 0.5) is 13.2 Å². The third-order valence-corrected chi connectivity index (χ3v) is 8.38. The minimum Gasteiger partial charge on any atom is -0.423 e. The standard InChI is InChI=1S/C29H39BF3N5O5S/c1-28(2)21-8-3-18(15-22(21)30(42)43-28)16-25(39)24(17-44-20-6-4-19(5-7-20)29(31,32)33)37-27(41)23(36)9-10-26(40)38(13-11-34)14-12-35/h3-8,15,23-24,42H,9-14,16-17,34-36H2,1-2H3,(H,37,41)/t23-,24+/m0/s1. The van der Waals surface area contributed by atoms with Gasteiger partial charge in [-0.2, -0.15) is 13.2 Å². The summed E-state index contributed by atoms with van der Waals surface area (Å²) in [6.07, 6.45) is -4.59. The van der Waals surface area contributed by atoms with Crippen molar-refractivity contribution in [2.45, 2.75) is 61.9 Å². The first-order chi connectivity index (χ1) is 20.7. The van der Waals surface area contributed by atoms with E-state index in [4.69, 9.17) is 21.9 Å². The fourth-order valence-electron chi connectivity index (χ4n) is 4.86. The molecule has 1 aliphatic heterocycles. The van der Waals surface area contributed by atoms with Crippen LogP contribution >= 0.6 is 11.8 Å². The Labute approximate surface area is 259 Å². The summed E-state index contributed by atoms with van der Waals surface area (Å²) in [5, 5.41) is 13.0. The van der Waals surface area contributed by atoms with Crippen LogP contribution < -0.4 is 28.0 Å². The Bertz CT molecular complexity index is 1310. The third kappa shape index (κ3) is 9.53. The lowest BCUT2D eigenvalue weighted by Gasteiger charge is -2.23. The molecule has 1 heterocycles. The predicted octanol–water partition coefficient (Wildman–Crippen LogP) is 0.900. The van der Waals surface area contributed by atoms with Crippen LogP contribution in [0, 0.1) is 0 Å². The zero-order valence-electron chi connectivity index (χ0n) is 24.7. The van der Waals surface area contributed by atoms with Gasteiger partial charge in [0.05, 0.1) is 23.2 Å². The number of thioether (sulfide) groups is 1. The van der Waals surface area contributed by atoms with E-state index in [2.05, 4.69) is 5.32 Å².